The van der Waals surface area contributed by atoms with E-state index in [2.05, 4.69) is 10.0 Å². The number of hydrogen-bond donors (Lipinski definition) is 2. The number of sulfonamides is 1. The van der Waals surface area contributed by atoms with E-state index in [1.165, 1.54) is 24.2 Å². The average molecular weight is 274 g/mol. The van der Waals surface area contributed by atoms with E-state index >= 15 is 0 Å². The molecule has 2 N–H and O–H groups in total. The number of nitrogens with one attached hydrogen (secondary N) is 2. The summed E-state index contributed by atoms with van der Waals surface area (Å²) in [5, 5.41) is 3.32. The first-order chi connectivity index (χ1) is 8.08. The quantitative estimate of drug-likeness (QED) is 0.874. The summed E-state index contributed by atoms with van der Waals surface area (Å²) in [4.78, 5) is 1.01. The lowest BCUT2D eigenvalue weighted by Crippen LogP contribution is -2.43. The van der Waals surface area contributed by atoms with Crippen LogP contribution in [-0.4, -0.2) is 27.5 Å². The van der Waals surface area contributed by atoms with E-state index in [4.69, 9.17) is 0 Å². The highest BCUT2D eigenvalue weighted by Gasteiger charge is 2.19. The Morgan fingerprint density at radius 2 is 2.29 bits per heavy atom. The van der Waals surface area contributed by atoms with E-state index in [-0.39, 0.29) is 6.04 Å². The highest BCUT2D eigenvalue weighted by molar-refractivity contribution is 7.91. The van der Waals surface area contributed by atoms with Crippen LogP contribution in [0.15, 0.2) is 16.3 Å². The fourth-order valence-electron chi connectivity index (χ4n) is 1.94. The molecule has 17 heavy (non-hydrogen) atoms. The summed E-state index contributed by atoms with van der Waals surface area (Å²) in [5.74, 6) is 0. The maximum atomic E-state index is 12.0. The van der Waals surface area contributed by atoms with Crippen molar-refractivity contribution in [2.24, 2.45) is 0 Å². The molecule has 1 aromatic heterocycles. The van der Waals surface area contributed by atoms with Crippen molar-refractivity contribution in [3.05, 3.63) is 17.0 Å². The van der Waals surface area contributed by atoms with Crippen molar-refractivity contribution in [2.75, 3.05) is 13.1 Å². The normalized spacial score (nSPS) is 21.6. The van der Waals surface area contributed by atoms with Crippen LogP contribution in [0.3, 0.4) is 0 Å². The lowest BCUT2D eigenvalue weighted by atomic mass is 10.1. The van der Waals surface area contributed by atoms with Crippen LogP contribution in [0.4, 0.5) is 0 Å². The van der Waals surface area contributed by atoms with E-state index in [0.29, 0.717) is 10.8 Å². The first-order valence-electron chi connectivity index (χ1n) is 5.87. The molecule has 0 bridgehead atoms. The lowest BCUT2D eigenvalue weighted by molar-refractivity contribution is 0.398. The molecular weight excluding hydrogens is 256 g/mol. The molecule has 1 atom stereocenters. The molecule has 0 aromatic carbocycles. The Morgan fingerprint density at radius 3 is 2.88 bits per heavy atom. The second kappa shape index (κ2) is 5.48. The minimum Gasteiger partial charge on any atom is -0.313 e. The third-order valence-electron chi connectivity index (χ3n) is 2.91. The first-order valence-corrected chi connectivity index (χ1v) is 8.17. The molecule has 1 aliphatic heterocycles. The third-order valence-corrected chi connectivity index (χ3v) is 5.83. The molecule has 1 unspecified atom stereocenters. The summed E-state index contributed by atoms with van der Waals surface area (Å²) < 4.78 is 27.0. The fraction of sp³-hybridized carbons (Fsp3) is 0.636. The van der Waals surface area contributed by atoms with Crippen LogP contribution in [-0.2, 0) is 10.0 Å². The van der Waals surface area contributed by atoms with Crippen LogP contribution in [0.2, 0.25) is 0 Å². The number of hydrogen-bond acceptors (Lipinski definition) is 4. The van der Waals surface area contributed by atoms with Crippen molar-refractivity contribution in [1.82, 2.24) is 10.0 Å². The van der Waals surface area contributed by atoms with Gasteiger partial charge in [0, 0.05) is 17.5 Å². The molecule has 1 aromatic rings. The van der Waals surface area contributed by atoms with Crippen LogP contribution in [0.1, 0.15) is 24.1 Å². The maximum absolute atomic E-state index is 12.0. The monoisotopic (exact) mass is 274 g/mol. The van der Waals surface area contributed by atoms with Gasteiger partial charge in [-0.3, -0.25) is 0 Å². The van der Waals surface area contributed by atoms with E-state index in [9.17, 15) is 8.42 Å². The van der Waals surface area contributed by atoms with Gasteiger partial charge in [-0.05, 0) is 38.4 Å². The van der Waals surface area contributed by atoms with Gasteiger partial charge in [0.1, 0.15) is 4.21 Å². The molecule has 4 nitrogen and oxygen atoms in total. The molecule has 1 saturated heterocycles. The Balaban J connectivity index is 1.93. The highest BCUT2D eigenvalue weighted by atomic mass is 32.2. The molecule has 0 saturated carbocycles. The zero-order chi connectivity index (χ0) is 12.3. The molecule has 1 fully saturated rings. The van der Waals surface area contributed by atoms with Gasteiger partial charge in [0.2, 0.25) is 10.0 Å². The van der Waals surface area contributed by atoms with Crippen molar-refractivity contribution in [1.29, 1.82) is 0 Å². The molecule has 0 aliphatic carbocycles. The molecule has 96 valence electrons. The van der Waals surface area contributed by atoms with Gasteiger partial charge in [-0.1, -0.05) is 6.42 Å². The number of aryl methyl sites for hydroxylation is 1. The number of thiophene rings is 1. The molecule has 2 heterocycles. The molecule has 0 amide bonds. The van der Waals surface area contributed by atoms with E-state index in [1.54, 1.807) is 6.07 Å². The van der Waals surface area contributed by atoms with Gasteiger partial charge >= 0.3 is 0 Å². The third kappa shape index (κ3) is 3.51. The standard InChI is InChI=1S/C11H18N2O2S2/c1-9-5-6-11(16-9)17(14,15)13-8-10-4-2-3-7-12-10/h5-6,10,12-13H,2-4,7-8H2,1H3. The van der Waals surface area contributed by atoms with Gasteiger partial charge in [0.25, 0.3) is 0 Å². The Hall–Kier alpha value is -0.430. The topological polar surface area (TPSA) is 58.2 Å². The predicted molar refractivity (Wildman–Crippen MR) is 69.9 cm³/mol. The van der Waals surface area contributed by atoms with Crippen molar-refractivity contribution in [2.45, 2.75) is 36.4 Å². The van der Waals surface area contributed by atoms with E-state index in [1.807, 2.05) is 13.0 Å². The van der Waals surface area contributed by atoms with Crippen molar-refractivity contribution in [3.63, 3.8) is 0 Å². The number of rotatable bonds is 4. The summed E-state index contributed by atoms with van der Waals surface area (Å²) in [7, 11) is -3.31. The molecule has 2 rings (SSSR count). The van der Waals surface area contributed by atoms with E-state index < -0.39 is 10.0 Å². The molecule has 0 spiro atoms. The Morgan fingerprint density at radius 1 is 1.47 bits per heavy atom. The zero-order valence-corrected chi connectivity index (χ0v) is 11.5. The van der Waals surface area contributed by atoms with Gasteiger partial charge in [-0.25, -0.2) is 13.1 Å². The second-order valence-corrected chi connectivity index (χ2v) is 7.65. The fourth-order valence-corrected chi connectivity index (χ4v) is 4.35. The summed E-state index contributed by atoms with van der Waals surface area (Å²) >= 11 is 1.31. The summed E-state index contributed by atoms with van der Waals surface area (Å²) in [5.41, 5.74) is 0. The molecule has 6 heteroatoms. The molecule has 1 aliphatic rings. The Labute approximate surface area is 106 Å². The van der Waals surface area contributed by atoms with Gasteiger partial charge in [0.05, 0.1) is 0 Å². The Bertz CT molecular complexity index is 462. The summed E-state index contributed by atoms with van der Waals surface area (Å²) in [6.45, 7) is 3.39. The largest absolute Gasteiger partial charge is 0.313 e. The van der Waals surface area contributed by atoms with Crippen LogP contribution >= 0.6 is 11.3 Å². The lowest BCUT2D eigenvalue weighted by Gasteiger charge is -2.23. The van der Waals surface area contributed by atoms with Crippen molar-refractivity contribution in [3.8, 4) is 0 Å². The van der Waals surface area contributed by atoms with Crippen LogP contribution < -0.4 is 10.0 Å². The molecular formula is C11H18N2O2S2. The van der Waals surface area contributed by atoms with Gasteiger partial charge in [-0.2, -0.15) is 0 Å². The van der Waals surface area contributed by atoms with Gasteiger partial charge in [0.15, 0.2) is 0 Å². The van der Waals surface area contributed by atoms with Crippen LogP contribution in [0.25, 0.3) is 0 Å². The maximum Gasteiger partial charge on any atom is 0.250 e. The predicted octanol–water partition coefficient (Wildman–Crippen LogP) is 1.48. The van der Waals surface area contributed by atoms with Gasteiger partial charge in [-0.15, -0.1) is 11.3 Å². The smallest absolute Gasteiger partial charge is 0.250 e. The zero-order valence-electron chi connectivity index (χ0n) is 9.90. The summed E-state index contributed by atoms with van der Waals surface area (Å²) in [6.07, 6.45) is 3.41. The van der Waals surface area contributed by atoms with Crippen molar-refractivity contribution < 1.29 is 8.42 Å². The summed E-state index contributed by atoms with van der Waals surface area (Å²) in [6, 6.07) is 3.77. The second-order valence-electron chi connectivity index (χ2n) is 4.36. The molecule has 0 radical (unpaired) electrons. The van der Waals surface area contributed by atoms with E-state index in [0.717, 1.165) is 17.8 Å². The average Bonchev–Trinajstić information content (AvgIpc) is 2.76. The van der Waals surface area contributed by atoms with Crippen LogP contribution in [0, 0.1) is 6.92 Å². The van der Waals surface area contributed by atoms with Crippen LogP contribution in [0.5, 0.6) is 0 Å². The highest BCUT2D eigenvalue weighted by Crippen LogP contribution is 2.20. The van der Waals surface area contributed by atoms with Crippen molar-refractivity contribution >= 4 is 21.4 Å². The number of piperidine rings is 1. The first kappa shape index (κ1) is 13.0. The SMILES string of the molecule is Cc1ccc(S(=O)(=O)NCC2CCCCN2)s1. The van der Waals surface area contributed by atoms with Gasteiger partial charge < -0.3 is 5.32 Å². The minimum atomic E-state index is -3.31. The Kier molecular flexibility index (Phi) is 4.19. The minimum absolute atomic E-state index is 0.277.